The Balaban J connectivity index is 1.61. The Kier molecular flexibility index (Phi) is 4.28. The Morgan fingerprint density at radius 1 is 1.13 bits per heavy atom. The first-order chi connectivity index (χ1) is 11.2. The molecule has 1 aromatic heterocycles. The van der Waals surface area contributed by atoms with E-state index in [2.05, 4.69) is 15.5 Å². The predicted molar refractivity (Wildman–Crippen MR) is 84.0 cm³/mol. The van der Waals surface area contributed by atoms with E-state index < -0.39 is 4.92 Å². The van der Waals surface area contributed by atoms with E-state index in [0.717, 1.165) is 5.56 Å². The number of hydrogen-bond donors (Lipinski definition) is 1. The van der Waals surface area contributed by atoms with Crippen LogP contribution in [0.5, 0.6) is 0 Å². The molecule has 0 aliphatic rings. The molecular formula is C16H14N4O3. The third-order valence-corrected chi connectivity index (χ3v) is 3.22. The number of nitro groups is 1. The van der Waals surface area contributed by atoms with Gasteiger partial charge in [0.2, 0.25) is 5.89 Å². The highest BCUT2D eigenvalue weighted by Gasteiger charge is 2.09. The number of nitrogens with one attached hydrogen (secondary N) is 1. The van der Waals surface area contributed by atoms with Gasteiger partial charge in [0.05, 0.1) is 11.5 Å². The van der Waals surface area contributed by atoms with Crippen LogP contribution in [0.4, 0.5) is 11.4 Å². The average molecular weight is 310 g/mol. The van der Waals surface area contributed by atoms with E-state index in [1.165, 1.54) is 12.1 Å². The fourth-order valence-corrected chi connectivity index (χ4v) is 2.12. The largest absolute Gasteiger partial charge is 0.376 e. The fraction of sp³-hybridized carbons (Fsp3) is 0.125. The zero-order chi connectivity index (χ0) is 16.1. The Hall–Kier alpha value is -3.22. The molecule has 0 fully saturated rings. The summed E-state index contributed by atoms with van der Waals surface area (Å²) in [6, 6.07) is 16.1. The summed E-state index contributed by atoms with van der Waals surface area (Å²) in [5, 5.41) is 17.7. The molecule has 3 rings (SSSR count). The second-order valence-corrected chi connectivity index (χ2v) is 4.93. The number of hydrogen-bond acceptors (Lipinski definition) is 6. The van der Waals surface area contributed by atoms with Crippen molar-refractivity contribution < 1.29 is 9.45 Å². The minimum atomic E-state index is -0.435. The molecule has 1 heterocycles. The van der Waals surface area contributed by atoms with E-state index in [1.54, 1.807) is 12.1 Å². The molecule has 0 aliphatic carbocycles. The first-order valence-electron chi connectivity index (χ1n) is 7.04. The minimum Gasteiger partial charge on any atom is -0.376 e. The van der Waals surface area contributed by atoms with Crippen LogP contribution in [-0.4, -0.2) is 15.1 Å². The van der Waals surface area contributed by atoms with Gasteiger partial charge >= 0.3 is 0 Å². The Labute approximate surface area is 132 Å². The molecule has 116 valence electrons. The highest BCUT2D eigenvalue weighted by molar-refractivity contribution is 5.50. The van der Waals surface area contributed by atoms with Crippen molar-refractivity contribution in [1.82, 2.24) is 10.1 Å². The van der Waals surface area contributed by atoms with Crippen LogP contribution in [0.3, 0.4) is 0 Å². The van der Waals surface area contributed by atoms with Crippen molar-refractivity contribution >= 4 is 11.4 Å². The lowest BCUT2D eigenvalue weighted by atomic mass is 10.1. The normalized spacial score (nSPS) is 10.4. The maximum absolute atomic E-state index is 10.7. The van der Waals surface area contributed by atoms with E-state index in [-0.39, 0.29) is 5.69 Å². The van der Waals surface area contributed by atoms with Gasteiger partial charge in [0.1, 0.15) is 0 Å². The fourth-order valence-electron chi connectivity index (χ4n) is 2.12. The Morgan fingerprint density at radius 3 is 2.74 bits per heavy atom. The summed E-state index contributed by atoms with van der Waals surface area (Å²) in [5.41, 5.74) is 1.76. The molecule has 0 saturated carbocycles. The second kappa shape index (κ2) is 6.69. The second-order valence-electron chi connectivity index (χ2n) is 4.93. The van der Waals surface area contributed by atoms with Crippen LogP contribution in [0.15, 0.2) is 59.1 Å². The van der Waals surface area contributed by atoms with Crippen molar-refractivity contribution in [3.63, 3.8) is 0 Å². The van der Waals surface area contributed by atoms with Gasteiger partial charge in [0.15, 0.2) is 5.82 Å². The zero-order valence-electron chi connectivity index (χ0n) is 12.2. The number of rotatable bonds is 6. The molecule has 0 unspecified atom stereocenters. The van der Waals surface area contributed by atoms with E-state index in [9.17, 15) is 10.1 Å². The van der Waals surface area contributed by atoms with Crippen LogP contribution in [0, 0.1) is 10.1 Å². The molecule has 3 aromatic rings. The SMILES string of the molecule is O=[N+]([O-])c1cccc(NCc2nc(Cc3ccccc3)no2)c1. The third-order valence-electron chi connectivity index (χ3n) is 3.22. The molecule has 23 heavy (non-hydrogen) atoms. The van der Waals surface area contributed by atoms with Crippen LogP contribution in [-0.2, 0) is 13.0 Å². The van der Waals surface area contributed by atoms with Crippen LogP contribution < -0.4 is 5.32 Å². The summed E-state index contributed by atoms with van der Waals surface area (Å²) in [6.07, 6.45) is 0.598. The van der Waals surface area contributed by atoms with Crippen molar-refractivity contribution in [2.75, 3.05) is 5.32 Å². The van der Waals surface area contributed by atoms with Gasteiger partial charge in [0, 0.05) is 24.2 Å². The van der Waals surface area contributed by atoms with E-state index in [0.29, 0.717) is 30.4 Å². The van der Waals surface area contributed by atoms with Gasteiger partial charge in [-0.2, -0.15) is 4.98 Å². The van der Waals surface area contributed by atoms with E-state index >= 15 is 0 Å². The molecule has 0 radical (unpaired) electrons. The average Bonchev–Trinajstić information content (AvgIpc) is 3.01. The van der Waals surface area contributed by atoms with Crippen LogP contribution in [0.2, 0.25) is 0 Å². The molecule has 7 heteroatoms. The first-order valence-corrected chi connectivity index (χ1v) is 7.04. The van der Waals surface area contributed by atoms with Crippen LogP contribution >= 0.6 is 0 Å². The molecular weight excluding hydrogens is 296 g/mol. The quantitative estimate of drug-likeness (QED) is 0.555. The van der Waals surface area contributed by atoms with Crippen molar-refractivity contribution in [2.24, 2.45) is 0 Å². The van der Waals surface area contributed by atoms with Gasteiger partial charge in [-0.15, -0.1) is 0 Å². The molecule has 1 N–H and O–H groups in total. The highest BCUT2D eigenvalue weighted by atomic mass is 16.6. The molecule has 0 saturated heterocycles. The van der Waals surface area contributed by atoms with Crippen LogP contribution in [0.1, 0.15) is 17.3 Å². The lowest BCUT2D eigenvalue weighted by molar-refractivity contribution is -0.384. The standard InChI is InChI=1S/C16H14N4O3/c21-20(22)14-8-4-7-13(10-14)17-11-16-18-15(19-23-16)9-12-5-2-1-3-6-12/h1-8,10,17H,9,11H2. The van der Waals surface area contributed by atoms with Gasteiger partial charge in [-0.25, -0.2) is 0 Å². The number of non-ortho nitro benzene ring substituents is 1. The number of nitro benzene ring substituents is 1. The van der Waals surface area contributed by atoms with Crippen LogP contribution in [0.25, 0.3) is 0 Å². The number of benzene rings is 2. The summed E-state index contributed by atoms with van der Waals surface area (Å²) in [4.78, 5) is 14.6. The molecule has 0 atom stereocenters. The number of aromatic nitrogens is 2. The molecule has 2 aromatic carbocycles. The maximum Gasteiger partial charge on any atom is 0.271 e. The summed E-state index contributed by atoms with van der Waals surface area (Å²) in [7, 11) is 0. The molecule has 7 nitrogen and oxygen atoms in total. The van der Waals surface area contributed by atoms with Gasteiger partial charge in [-0.05, 0) is 11.6 Å². The topological polar surface area (TPSA) is 94.1 Å². The molecule has 0 aliphatic heterocycles. The molecule has 0 amide bonds. The van der Waals surface area contributed by atoms with Crippen molar-refractivity contribution in [2.45, 2.75) is 13.0 Å². The first kappa shape index (κ1) is 14.7. The maximum atomic E-state index is 10.7. The zero-order valence-corrected chi connectivity index (χ0v) is 12.2. The lowest BCUT2D eigenvalue weighted by Gasteiger charge is -2.02. The summed E-state index contributed by atoms with van der Waals surface area (Å²) >= 11 is 0. The smallest absolute Gasteiger partial charge is 0.271 e. The van der Waals surface area contributed by atoms with Gasteiger partial charge in [0.25, 0.3) is 5.69 Å². The summed E-state index contributed by atoms with van der Waals surface area (Å²) in [5.74, 6) is 1.04. The summed E-state index contributed by atoms with van der Waals surface area (Å²) in [6.45, 7) is 0.308. The Bertz CT molecular complexity index is 802. The summed E-state index contributed by atoms with van der Waals surface area (Å²) < 4.78 is 5.18. The van der Waals surface area contributed by atoms with Crippen molar-refractivity contribution in [3.8, 4) is 0 Å². The van der Waals surface area contributed by atoms with Gasteiger partial charge < -0.3 is 9.84 Å². The number of anilines is 1. The lowest BCUT2D eigenvalue weighted by Crippen LogP contribution is -2.00. The predicted octanol–water partition coefficient (Wildman–Crippen LogP) is 3.18. The van der Waals surface area contributed by atoms with Gasteiger partial charge in [-0.3, -0.25) is 10.1 Å². The van der Waals surface area contributed by atoms with E-state index in [4.69, 9.17) is 4.52 Å². The Morgan fingerprint density at radius 2 is 1.96 bits per heavy atom. The third kappa shape index (κ3) is 3.91. The number of nitrogens with zero attached hydrogens (tertiary/aromatic N) is 3. The van der Waals surface area contributed by atoms with Crippen molar-refractivity contribution in [3.05, 3.63) is 82.0 Å². The van der Waals surface area contributed by atoms with E-state index in [1.807, 2.05) is 30.3 Å². The monoisotopic (exact) mass is 310 g/mol. The van der Waals surface area contributed by atoms with Crippen molar-refractivity contribution in [1.29, 1.82) is 0 Å². The van der Waals surface area contributed by atoms with Gasteiger partial charge in [-0.1, -0.05) is 41.6 Å². The highest BCUT2D eigenvalue weighted by Crippen LogP contribution is 2.17. The molecule has 0 bridgehead atoms. The molecule has 0 spiro atoms. The minimum absolute atomic E-state index is 0.0327.